The number of rotatable bonds is 15. The van der Waals surface area contributed by atoms with Crippen molar-refractivity contribution in [1.29, 1.82) is 0 Å². The molecule has 5 nitrogen and oxygen atoms in total. The fourth-order valence-corrected chi connectivity index (χ4v) is 4.24. The monoisotopic (exact) mass is 501 g/mol. The molecule has 3 aromatic rings. The third-order valence-corrected chi connectivity index (χ3v) is 6.35. The first kappa shape index (κ1) is 28.0. The Hall–Kier alpha value is -3.60. The summed E-state index contributed by atoms with van der Waals surface area (Å²) in [5, 5.41) is 0. The lowest BCUT2D eigenvalue weighted by Gasteiger charge is -2.23. The van der Waals surface area contributed by atoms with E-state index in [0.29, 0.717) is 55.4 Å². The highest BCUT2D eigenvalue weighted by molar-refractivity contribution is 6.00. The molecule has 0 aliphatic heterocycles. The number of carbonyl (C=O) groups is 2. The Kier molecular flexibility index (Phi) is 11.2. The Labute approximate surface area is 221 Å². The van der Waals surface area contributed by atoms with Gasteiger partial charge in [-0.15, -0.1) is 0 Å². The first-order valence-electron chi connectivity index (χ1n) is 13.4. The van der Waals surface area contributed by atoms with Crippen LogP contribution in [0.1, 0.15) is 73.5 Å². The second kappa shape index (κ2) is 14.8. The summed E-state index contributed by atoms with van der Waals surface area (Å²) in [6, 6.07) is 23.4. The largest absolute Gasteiger partial charge is 0.489 e. The molecule has 3 aromatic carbocycles. The molecule has 1 amide bonds. The summed E-state index contributed by atoms with van der Waals surface area (Å²) in [5.41, 5.74) is 3.15. The average Bonchev–Trinajstić information content (AvgIpc) is 2.92. The molecule has 0 saturated heterocycles. The number of hydrogen-bond acceptors (Lipinski definition) is 4. The van der Waals surface area contributed by atoms with Crippen molar-refractivity contribution in [2.24, 2.45) is 0 Å². The number of unbranched alkanes of at least 4 members (excludes halogenated alkanes) is 2. The molecule has 0 aliphatic carbocycles. The number of ketones is 1. The summed E-state index contributed by atoms with van der Waals surface area (Å²) in [5.74, 6) is 1.03. The zero-order valence-electron chi connectivity index (χ0n) is 22.4. The van der Waals surface area contributed by atoms with Gasteiger partial charge in [0.2, 0.25) is 0 Å². The molecule has 0 bridgehead atoms. The Bertz CT molecular complexity index is 1120. The number of amides is 1. The van der Waals surface area contributed by atoms with Crippen molar-refractivity contribution in [1.82, 2.24) is 4.90 Å². The van der Waals surface area contributed by atoms with E-state index >= 15 is 0 Å². The minimum atomic E-state index is -0.126. The van der Waals surface area contributed by atoms with Crippen molar-refractivity contribution in [3.63, 3.8) is 0 Å². The minimum absolute atomic E-state index is 0.122. The van der Waals surface area contributed by atoms with Crippen molar-refractivity contribution in [2.45, 2.75) is 66.1 Å². The van der Waals surface area contributed by atoms with E-state index < -0.39 is 0 Å². The van der Waals surface area contributed by atoms with E-state index in [4.69, 9.17) is 9.47 Å². The quantitative estimate of drug-likeness (QED) is 0.210. The lowest BCUT2D eigenvalue weighted by molar-refractivity contribution is -0.118. The van der Waals surface area contributed by atoms with E-state index in [9.17, 15) is 9.59 Å². The zero-order chi connectivity index (χ0) is 26.5. The smallest absolute Gasteiger partial charge is 0.257 e. The standard InChI is InChI=1S/C32H39NO4/c1-4-7-10-19-28(34)20-27-21-29(36-23-25-15-11-8-12-16-25)22-30(31(27)32(35)33(5-2)6-3)37-24-26-17-13-9-14-18-26/h8-9,11-18,21-22H,4-7,10,19-20,23-24H2,1-3H3. The lowest BCUT2D eigenvalue weighted by Crippen LogP contribution is -2.32. The van der Waals surface area contributed by atoms with E-state index in [-0.39, 0.29) is 18.1 Å². The second-order valence-corrected chi connectivity index (χ2v) is 9.15. The van der Waals surface area contributed by atoms with Gasteiger partial charge < -0.3 is 14.4 Å². The van der Waals surface area contributed by atoms with Crippen LogP contribution in [0.3, 0.4) is 0 Å². The fraction of sp³-hybridized carbons (Fsp3) is 0.375. The Morgan fingerprint density at radius 3 is 1.92 bits per heavy atom. The predicted molar refractivity (Wildman–Crippen MR) is 148 cm³/mol. The maximum Gasteiger partial charge on any atom is 0.257 e. The molecule has 3 rings (SSSR count). The van der Waals surface area contributed by atoms with Crippen LogP contribution in [0.4, 0.5) is 0 Å². The van der Waals surface area contributed by atoms with Crippen molar-refractivity contribution in [2.75, 3.05) is 13.1 Å². The predicted octanol–water partition coefficient (Wildman–Crippen LogP) is 7.02. The van der Waals surface area contributed by atoms with Gasteiger partial charge in [-0.05, 0) is 43.0 Å². The van der Waals surface area contributed by atoms with Gasteiger partial charge in [0.05, 0.1) is 5.56 Å². The number of ether oxygens (including phenoxy) is 2. The molecule has 0 N–H and O–H groups in total. The molecule has 5 heteroatoms. The van der Waals surface area contributed by atoms with Crippen LogP contribution in [-0.4, -0.2) is 29.7 Å². The molecule has 0 spiro atoms. The summed E-state index contributed by atoms with van der Waals surface area (Å²) in [7, 11) is 0. The van der Waals surface area contributed by atoms with E-state index in [1.54, 1.807) is 11.0 Å². The third kappa shape index (κ3) is 8.49. The molecule has 196 valence electrons. The number of carbonyl (C=O) groups excluding carboxylic acids is 2. The van der Waals surface area contributed by atoms with Crippen LogP contribution in [0.2, 0.25) is 0 Å². The molecular weight excluding hydrogens is 462 g/mol. The third-order valence-electron chi connectivity index (χ3n) is 6.35. The molecule has 0 atom stereocenters. The Morgan fingerprint density at radius 2 is 1.35 bits per heavy atom. The molecule has 0 saturated carbocycles. The van der Waals surface area contributed by atoms with Gasteiger partial charge >= 0.3 is 0 Å². The van der Waals surface area contributed by atoms with Crippen LogP contribution in [0.25, 0.3) is 0 Å². The summed E-state index contributed by atoms with van der Waals surface area (Å²) in [6.07, 6.45) is 3.61. The SMILES string of the molecule is CCCCCC(=O)Cc1cc(OCc2ccccc2)cc(OCc2ccccc2)c1C(=O)N(CC)CC. The number of hydrogen-bond donors (Lipinski definition) is 0. The van der Waals surface area contributed by atoms with Gasteiger partial charge in [-0.2, -0.15) is 0 Å². The Morgan fingerprint density at radius 1 is 0.757 bits per heavy atom. The van der Waals surface area contributed by atoms with Crippen LogP contribution >= 0.6 is 0 Å². The van der Waals surface area contributed by atoms with E-state index in [0.717, 1.165) is 30.4 Å². The van der Waals surface area contributed by atoms with Gasteiger partial charge in [-0.3, -0.25) is 9.59 Å². The highest BCUT2D eigenvalue weighted by atomic mass is 16.5. The molecule has 0 unspecified atom stereocenters. The second-order valence-electron chi connectivity index (χ2n) is 9.15. The molecule has 0 radical (unpaired) electrons. The molecule has 37 heavy (non-hydrogen) atoms. The molecule has 0 aromatic heterocycles. The summed E-state index contributed by atoms with van der Waals surface area (Å²) in [4.78, 5) is 28.4. The van der Waals surface area contributed by atoms with Crippen LogP contribution < -0.4 is 9.47 Å². The highest BCUT2D eigenvalue weighted by Gasteiger charge is 2.25. The first-order chi connectivity index (χ1) is 18.0. The van der Waals surface area contributed by atoms with E-state index in [1.165, 1.54) is 0 Å². The molecule has 0 aliphatic rings. The maximum absolute atomic E-state index is 13.7. The molecule has 0 fully saturated rings. The van der Waals surface area contributed by atoms with Crippen molar-refractivity contribution >= 4 is 11.7 Å². The Balaban J connectivity index is 1.99. The fourth-order valence-electron chi connectivity index (χ4n) is 4.24. The van der Waals surface area contributed by atoms with Crippen molar-refractivity contribution in [3.05, 3.63) is 95.1 Å². The minimum Gasteiger partial charge on any atom is -0.489 e. The summed E-state index contributed by atoms with van der Waals surface area (Å²) < 4.78 is 12.4. The topological polar surface area (TPSA) is 55.8 Å². The van der Waals surface area contributed by atoms with Gasteiger partial charge in [-0.25, -0.2) is 0 Å². The van der Waals surface area contributed by atoms with Crippen LogP contribution in [-0.2, 0) is 24.4 Å². The van der Waals surface area contributed by atoms with Crippen LogP contribution in [0, 0.1) is 0 Å². The number of Topliss-reactive ketones (excluding diaryl/α,β-unsaturated/α-hetero) is 1. The summed E-state index contributed by atoms with van der Waals surface area (Å²) >= 11 is 0. The number of nitrogens with zero attached hydrogens (tertiary/aromatic N) is 1. The average molecular weight is 502 g/mol. The molecular formula is C32H39NO4. The number of benzene rings is 3. The van der Waals surface area contributed by atoms with E-state index in [1.807, 2.05) is 80.6 Å². The summed E-state index contributed by atoms with van der Waals surface area (Å²) in [6.45, 7) is 7.87. The highest BCUT2D eigenvalue weighted by Crippen LogP contribution is 2.32. The van der Waals surface area contributed by atoms with Crippen LogP contribution in [0.15, 0.2) is 72.8 Å². The van der Waals surface area contributed by atoms with Crippen molar-refractivity contribution < 1.29 is 19.1 Å². The normalized spacial score (nSPS) is 10.7. The van der Waals surface area contributed by atoms with Gasteiger partial charge in [0.15, 0.2) is 0 Å². The van der Waals surface area contributed by atoms with Crippen LogP contribution in [0.5, 0.6) is 11.5 Å². The zero-order valence-corrected chi connectivity index (χ0v) is 22.4. The van der Waals surface area contributed by atoms with Gasteiger partial charge in [0.1, 0.15) is 30.5 Å². The molecule has 0 heterocycles. The van der Waals surface area contributed by atoms with Crippen molar-refractivity contribution in [3.8, 4) is 11.5 Å². The van der Waals surface area contributed by atoms with Gasteiger partial charge in [0.25, 0.3) is 5.91 Å². The maximum atomic E-state index is 13.7. The van der Waals surface area contributed by atoms with Gasteiger partial charge in [0, 0.05) is 32.0 Å². The van der Waals surface area contributed by atoms with E-state index in [2.05, 4.69) is 6.92 Å². The van der Waals surface area contributed by atoms with Gasteiger partial charge in [-0.1, -0.05) is 80.4 Å². The lowest BCUT2D eigenvalue weighted by atomic mass is 9.97. The first-order valence-corrected chi connectivity index (χ1v) is 13.4.